The Morgan fingerprint density at radius 3 is 2.58 bits per heavy atom. The molecule has 1 aliphatic heterocycles. The Hall–Kier alpha value is -2.34. The third-order valence-electron chi connectivity index (χ3n) is 4.78. The number of carbonyl (C=O) groups is 1. The van der Waals surface area contributed by atoms with Crippen molar-refractivity contribution < 1.29 is 13.2 Å². The molecule has 0 fully saturated rings. The molecule has 0 radical (unpaired) electrons. The Balaban J connectivity index is 1.94. The van der Waals surface area contributed by atoms with Gasteiger partial charge in [-0.1, -0.05) is 25.1 Å². The Morgan fingerprint density at radius 1 is 1.23 bits per heavy atom. The van der Waals surface area contributed by atoms with Gasteiger partial charge in [-0.15, -0.1) is 0 Å². The number of fused-ring (bicyclic) bond motifs is 1. The summed E-state index contributed by atoms with van der Waals surface area (Å²) in [5.74, 6) is -0.126. The number of carbonyl (C=O) groups excluding carboxylic acids is 1. The van der Waals surface area contributed by atoms with Gasteiger partial charge in [-0.25, -0.2) is 8.42 Å². The molecule has 5 nitrogen and oxygen atoms in total. The zero-order chi connectivity index (χ0) is 18.9. The van der Waals surface area contributed by atoms with Crippen molar-refractivity contribution in [1.29, 1.82) is 0 Å². The minimum Gasteiger partial charge on any atom is -0.350 e. The van der Waals surface area contributed by atoms with Crippen molar-refractivity contribution in [2.45, 2.75) is 50.6 Å². The summed E-state index contributed by atoms with van der Waals surface area (Å²) in [6, 6.07) is 13.6. The summed E-state index contributed by atoms with van der Waals surface area (Å²) in [4.78, 5) is 12.6. The Bertz CT molecular complexity index is 910. The fourth-order valence-electron chi connectivity index (χ4n) is 3.23. The summed E-state index contributed by atoms with van der Waals surface area (Å²) >= 11 is 0. The first-order valence-corrected chi connectivity index (χ1v) is 10.3. The molecular weight excluding hydrogens is 348 g/mol. The number of anilines is 1. The van der Waals surface area contributed by atoms with Crippen molar-refractivity contribution in [3.05, 3.63) is 59.7 Å². The van der Waals surface area contributed by atoms with Crippen molar-refractivity contribution in [1.82, 2.24) is 5.32 Å². The lowest BCUT2D eigenvalue weighted by molar-refractivity contribution is 0.0939. The van der Waals surface area contributed by atoms with Crippen LogP contribution in [0.1, 0.15) is 43.1 Å². The number of amides is 1. The van der Waals surface area contributed by atoms with E-state index in [9.17, 15) is 13.2 Å². The third kappa shape index (κ3) is 3.33. The fourth-order valence-corrected chi connectivity index (χ4v) is 4.94. The van der Waals surface area contributed by atoms with Crippen molar-refractivity contribution >= 4 is 21.6 Å². The van der Waals surface area contributed by atoms with E-state index in [1.165, 1.54) is 4.31 Å². The highest BCUT2D eigenvalue weighted by molar-refractivity contribution is 7.92. The second kappa shape index (κ2) is 7.11. The van der Waals surface area contributed by atoms with E-state index in [0.717, 1.165) is 12.0 Å². The first-order chi connectivity index (χ1) is 12.3. The zero-order valence-electron chi connectivity index (χ0n) is 15.3. The van der Waals surface area contributed by atoms with E-state index >= 15 is 0 Å². The molecule has 3 rings (SSSR count). The van der Waals surface area contributed by atoms with Crippen LogP contribution in [0, 0.1) is 0 Å². The second-order valence-corrected chi connectivity index (χ2v) is 8.61. The molecular formula is C20H24N2O3S. The largest absolute Gasteiger partial charge is 0.350 e. The highest BCUT2D eigenvalue weighted by atomic mass is 32.2. The van der Waals surface area contributed by atoms with E-state index in [1.54, 1.807) is 42.5 Å². The van der Waals surface area contributed by atoms with E-state index in [0.29, 0.717) is 17.7 Å². The molecule has 1 N–H and O–H groups in total. The molecule has 0 saturated heterocycles. The smallest absolute Gasteiger partial charge is 0.264 e. The average Bonchev–Trinajstić information content (AvgIpc) is 2.97. The van der Waals surface area contributed by atoms with Crippen LogP contribution in [0.4, 0.5) is 5.69 Å². The van der Waals surface area contributed by atoms with E-state index in [1.807, 2.05) is 26.8 Å². The molecule has 0 aliphatic carbocycles. The number of rotatable bonds is 5. The van der Waals surface area contributed by atoms with Gasteiger partial charge in [-0.2, -0.15) is 0 Å². The molecule has 0 unspecified atom stereocenters. The highest BCUT2D eigenvalue weighted by Gasteiger charge is 2.36. The summed E-state index contributed by atoms with van der Waals surface area (Å²) in [6.07, 6.45) is 1.45. The van der Waals surface area contributed by atoms with Crippen LogP contribution in [0.25, 0.3) is 0 Å². The van der Waals surface area contributed by atoms with Gasteiger partial charge in [0.05, 0.1) is 10.6 Å². The minimum absolute atomic E-state index is 0.102. The predicted molar refractivity (Wildman–Crippen MR) is 103 cm³/mol. The quantitative estimate of drug-likeness (QED) is 0.875. The van der Waals surface area contributed by atoms with Crippen molar-refractivity contribution in [3.63, 3.8) is 0 Å². The minimum atomic E-state index is -3.62. The third-order valence-corrected chi connectivity index (χ3v) is 6.73. The maximum absolute atomic E-state index is 13.1. The van der Waals surface area contributed by atoms with Crippen LogP contribution in [0.2, 0.25) is 0 Å². The first kappa shape index (κ1) is 18.5. The maximum atomic E-state index is 13.1. The van der Waals surface area contributed by atoms with Gasteiger partial charge in [0, 0.05) is 17.6 Å². The van der Waals surface area contributed by atoms with E-state index < -0.39 is 10.0 Å². The standard InChI is InChI=1S/C20H24N2O3S/c1-4-14(2)21-20(23)16-10-11-19-17(13-16)12-15(3)22(19)26(24,25)18-8-6-5-7-9-18/h5-11,13-15H,4,12H2,1-3H3,(H,21,23)/t14-,15+/m0/s1. The summed E-state index contributed by atoms with van der Waals surface area (Å²) < 4.78 is 27.6. The molecule has 1 heterocycles. The van der Waals surface area contributed by atoms with Gasteiger partial charge in [0.15, 0.2) is 0 Å². The summed E-state index contributed by atoms with van der Waals surface area (Å²) in [7, 11) is -3.62. The molecule has 1 amide bonds. The van der Waals surface area contributed by atoms with Crippen LogP contribution >= 0.6 is 0 Å². The molecule has 0 aromatic heterocycles. The second-order valence-electron chi connectivity index (χ2n) is 6.79. The van der Waals surface area contributed by atoms with Crippen LogP contribution < -0.4 is 9.62 Å². The fraction of sp³-hybridized carbons (Fsp3) is 0.350. The average molecular weight is 372 g/mol. The monoisotopic (exact) mass is 372 g/mol. The summed E-state index contributed by atoms with van der Waals surface area (Å²) in [6.45, 7) is 5.86. The molecule has 2 aromatic carbocycles. The molecule has 1 aliphatic rings. The molecule has 0 bridgehead atoms. The van der Waals surface area contributed by atoms with E-state index in [-0.39, 0.29) is 22.9 Å². The van der Waals surface area contributed by atoms with Crippen LogP contribution in [-0.4, -0.2) is 26.4 Å². The number of hydrogen-bond acceptors (Lipinski definition) is 3. The summed E-state index contributed by atoms with van der Waals surface area (Å²) in [5.41, 5.74) is 2.10. The lowest BCUT2D eigenvalue weighted by Gasteiger charge is -2.24. The number of hydrogen-bond donors (Lipinski definition) is 1. The lowest BCUT2D eigenvalue weighted by Crippen LogP contribution is -2.35. The van der Waals surface area contributed by atoms with Gasteiger partial charge in [-0.05, 0) is 62.6 Å². The normalized spacial score (nSPS) is 17.7. The maximum Gasteiger partial charge on any atom is 0.264 e. The van der Waals surface area contributed by atoms with Gasteiger partial charge in [0.1, 0.15) is 0 Å². The van der Waals surface area contributed by atoms with E-state index in [4.69, 9.17) is 0 Å². The van der Waals surface area contributed by atoms with Gasteiger partial charge >= 0.3 is 0 Å². The summed E-state index contributed by atoms with van der Waals surface area (Å²) in [5, 5.41) is 2.94. The molecule has 0 saturated carbocycles. The number of nitrogens with zero attached hydrogens (tertiary/aromatic N) is 1. The van der Waals surface area contributed by atoms with Crippen molar-refractivity contribution in [2.75, 3.05) is 4.31 Å². The molecule has 0 spiro atoms. The van der Waals surface area contributed by atoms with Crippen LogP contribution in [-0.2, 0) is 16.4 Å². The Labute approximate surface area is 155 Å². The van der Waals surface area contributed by atoms with Crippen LogP contribution in [0.15, 0.2) is 53.4 Å². The number of nitrogens with one attached hydrogen (secondary N) is 1. The molecule has 138 valence electrons. The molecule has 26 heavy (non-hydrogen) atoms. The van der Waals surface area contributed by atoms with Crippen LogP contribution in [0.3, 0.4) is 0 Å². The predicted octanol–water partition coefficient (Wildman–Crippen LogP) is 3.35. The SMILES string of the molecule is CC[C@H](C)NC(=O)c1ccc2c(c1)C[C@@H](C)N2S(=O)(=O)c1ccccc1. The van der Waals surface area contributed by atoms with E-state index in [2.05, 4.69) is 5.32 Å². The van der Waals surface area contributed by atoms with Crippen molar-refractivity contribution in [2.24, 2.45) is 0 Å². The number of benzene rings is 2. The first-order valence-electron chi connectivity index (χ1n) is 8.88. The highest BCUT2D eigenvalue weighted by Crippen LogP contribution is 2.37. The topological polar surface area (TPSA) is 66.5 Å². The van der Waals surface area contributed by atoms with Gasteiger partial charge in [0.2, 0.25) is 0 Å². The van der Waals surface area contributed by atoms with Crippen LogP contribution in [0.5, 0.6) is 0 Å². The van der Waals surface area contributed by atoms with Crippen molar-refractivity contribution in [3.8, 4) is 0 Å². The Kier molecular flexibility index (Phi) is 5.05. The lowest BCUT2D eigenvalue weighted by atomic mass is 10.1. The molecule has 6 heteroatoms. The van der Waals surface area contributed by atoms with Gasteiger partial charge in [0.25, 0.3) is 15.9 Å². The Morgan fingerprint density at radius 2 is 1.92 bits per heavy atom. The van der Waals surface area contributed by atoms with Gasteiger partial charge in [-0.3, -0.25) is 9.10 Å². The van der Waals surface area contributed by atoms with Gasteiger partial charge < -0.3 is 5.32 Å². The number of sulfonamides is 1. The molecule has 2 aromatic rings. The zero-order valence-corrected chi connectivity index (χ0v) is 16.1. The molecule has 2 atom stereocenters.